The van der Waals surface area contributed by atoms with Crippen molar-refractivity contribution in [1.82, 2.24) is 20.3 Å². The minimum atomic E-state index is 0.226. The molecule has 19 heavy (non-hydrogen) atoms. The van der Waals surface area contributed by atoms with Gasteiger partial charge in [0.1, 0.15) is 5.69 Å². The Kier molecular flexibility index (Phi) is 4.00. The summed E-state index contributed by atoms with van der Waals surface area (Å²) < 4.78 is 1.93. The van der Waals surface area contributed by atoms with Gasteiger partial charge in [-0.1, -0.05) is 29.8 Å². The van der Waals surface area contributed by atoms with Crippen molar-refractivity contribution in [2.45, 2.75) is 40.7 Å². The number of hydrogen-bond acceptors (Lipinski definition) is 3. The number of hydrogen-bond donors (Lipinski definition) is 1. The van der Waals surface area contributed by atoms with E-state index in [9.17, 15) is 0 Å². The van der Waals surface area contributed by atoms with Gasteiger partial charge < -0.3 is 5.32 Å². The van der Waals surface area contributed by atoms with Crippen LogP contribution >= 0.6 is 0 Å². The van der Waals surface area contributed by atoms with E-state index in [0.717, 1.165) is 23.6 Å². The van der Waals surface area contributed by atoms with E-state index in [1.165, 1.54) is 11.1 Å². The lowest BCUT2D eigenvalue weighted by Crippen LogP contribution is -2.19. The van der Waals surface area contributed by atoms with Gasteiger partial charge in [0.05, 0.1) is 17.4 Å². The van der Waals surface area contributed by atoms with E-state index in [-0.39, 0.29) is 6.04 Å². The second kappa shape index (κ2) is 5.53. The van der Waals surface area contributed by atoms with Crippen molar-refractivity contribution in [1.29, 1.82) is 0 Å². The van der Waals surface area contributed by atoms with E-state index in [1.54, 1.807) is 0 Å². The molecule has 0 saturated heterocycles. The van der Waals surface area contributed by atoms with Crippen molar-refractivity contribution in [3.63, 3.8) is 0 Å². The molecule has 102 valence electrons. The second-order valence-electron chi connectivity index (χ2n) is 5.04. The van der Waals surface area contributed by atoms with Gasteiger partial charge in [0, 0.05) is 0 Å². The van der Waals surface area contributed by atoms with Crippen LogP contribution < -0.4 is 5.32 Å². The molecule has 0 bridgehead atoms. The summed E-state index contributed by atoms with van der Waals surface area (Å²) in [5.74, 6) is 0. The SMILES string of the molecule is CCNC(C)c1nnn(-c2ccc(C)cc2C)c1C. The van der Waals surface area contributed by atoms with Gasteiger partial charge in [-0.2, -0.15) is 0 Å². The zero-order chi connectivity index (χ0) is 14.0. The normalized spacial score (nSPS) is 12.7. The molecule has 0 spiro atoms. The summed E-state index contributed by atoms with van der Waals surface area (Å²) in [5.41, 5.74) is 5.70. The topological polar surface area (TPSA) is 42.7 Å². The van der Waals surface area contributed by atoms with E-state index < -0.39 is 0 Å². The minimum absolute atomic E-state index is 0.226. The third kappa shape index (κ3) is 2.68. The number of benzene rings is 1. The Labute approximate surface area is 114 Å². The fourth-order valence-corrected chi connectivity index (χ4v) is 2.42. The maximum absolute atomic E-state index is 4.32. The molecule has 4 heteroatoms. The highest BCUT2D eigenvalue weighted by Crippen LogP contribution is 2.20. The highest BCUT2D eigenvalue weighted by Gasteiger charge is 2.16. The van der Waals surface area contributed by atoms with Gasteiger partial charge in [-0.25, -0.2) is 4.68 Å². The fraction of sp³-hybridized carbons (Fsp3) is 0.467. The van der Waals surface area contributed by atoms with Gasteiger partial charge >= 0.3 is 0 Å². The first-order chi connectivity index (χ1) is 9.04. The third-order valence-electron chi connectivity index (χ3n) is 3.43. The summed E-state index contributed by atoms with van der Waals surface area (Å²) in [4.78, 5) is 0. The molecule has 4 nitrogen and oxygen atoms in total. The molecule has 1 aromatic carbocycles. The first-order valence-corrected chi connectivity index (χ1v) is 6.77. The quantitative estimate of drug-likeness (QED) is 0.917. The van der Waals surface area contributed by atoms with Crippen molar-refractivity contribution in [2.24, 2.45) is 0 Å². The van der Waals surface area contributed by atoms with Crippen LogP contribution in [-0.2, 0) is 0 Å². The molecule has 0 radical (unpaired) electrons. The maximum atomic E-state index is 4.32. The lowest BCUT2D eigenvalue weighted by Gasteiger charge is -2.11. The summed E-state index contributed by atoms with van der Waals surface area (Å²) in [5, 5.41) is 12.0. The smallest absolute Gasteiger partial charge is 0.103 e. The molecule has 0 aliphatic heterocycles. The van der Waals surface area contributed by atoms with Crippen LogP contribution in [0, 0.1) is 20.8 Å². The van der Waals surface area contributed by atoms with Gasteiger partial charge in [0.15, 0.2) is 0 Å². The highest BCUT2D eigenvalue weighted by atomic mass is 15.4. The number of aryl methyl sites for hydroxylation is 2. The molecule has 0 aliphatic rings. The van der Waals surface area contributed by atoms with Crippen LogP contribution in [0.25, 0.3) is 5.69 Å². The van der Waals surface area contributed by atoms with Crippen molar-refractivity contribution in [3.8, 4) is 5.69 Å². The zero-order valence-corrected chi connectivity index (χ0v) is 12.4. The lowest BCUT2D eigenvalue weighted by molar-refractivity contribution is 0.579. The van der Waals surface area contributed by atoms with E-state index in [1.807, 2.05) is 4.68 Å². The number of aromatic nitrogens is 3. The second-order valence-corrected chi connectivity index (χ2v) is 5.04. The number of nitrogens with zero attached hydrogens (tertiary/aromatic N) is 3. The Morgan fingerprint density at radius 3 is 2.63 bits per heavy atom. The Balaban J connectivity index is 2.41. The first kappa shape index (κ1) is 13.7. The summed E-state index contributed by atoms with van der Waals surface area (Å²) in [7, 11) is 0. The molecule has 0 fully saturated rings. The Bertz CT molecular complexity index is 572. The first-order valence-electron chi connectivity index (χ1n) is 6.77. The van der Waals surface area contributed by atoms with Gasteiger partial charge in [-0.15, -0.1) is 5.10 Å². The number of nitrogens with one attached hydrogen (secondary N) is 1. The van der Waals surface area contributed by atoms with Crippen LogP contribution in [0.5, 0.6) is 0 Å². The number of rotatable bonds is 4. The van der Waals surface area contributed by atoms with Crippen LogP contribution in [0.3, 0.4) is 0 Å². The average Bonchev–Trinajstić information content (AvgIpc) is 2.72. The fourth-order valence-electron chi connectivity index (χ4n) is 2.42. The molecule has 2 rings (SSSR count). The molecule has 1 N–H and O–H groups in total. The molecule has 1 unspecified atom stereocenters. The van der Waals surface area contributed by atoms with Gasteiger partial charge in [0.25, 0.3) is 0 Å². The molecule has 1 atom stereocenters. The molecular formula is C15H22N4. The van der Waals surface area contributed by atoms with Crippen molar-refractivity contribution in [3.05, 3.63) is 40.7 Å². The molecule has 0 aliphatic carbocycles. The monoisotopic (exact) mass is 258 g/mol. The lowest BCUT2D eigenvalue weighted by atomic mass is 10.1. The standard InChI is InChI=1S/C15H22N4/c1-6-16-12(4)15-13(5)19(18-17-15)14-8-7-10(2)9-11(14)3/h7-9,12,16H,6H2,1-5H3. The van der Waals surface area contributed by atoms with Crippen molar-refractivity contribution < 1.29 is 0 Å². The minimum Gasteiger partial charge on any atom is -0.309 e. The van der Waals surface area contributed by atoms with Crippen LogP contribution in [0.2, 0.25) is 0 Å². The molecule has 0 saturated carbocycles. The maximum Gasteiger partial charge on any atom is 0.103 e. The molecule has 0 amide bonds. The van der Waals surface area contributed by atoms with Crippen LogP contribution in [-0.4, -0.2) is 21.5 Å². The van der Waals surface area contributed by atoms with E-state index in [0.29, 0.717) is 0 Å². The van der Waals surface area contributed by atoms with Gasteiger partial charge in [-0.3, -0.25) is 0 Å². The Morgan fingerprint density at radius 2 is 2.00 bits per heavy atom. The predicted molar refractivity (Wildman–Crippen MR) is 77.7 cm³/mol. The van der Waals surface area contributed by atoms with Crippen molar-refractivity contribution >= 4 is 0 Å². The predicted octanol–water partition coefficient (Wildman–Crippen LogP) is 2.86. The third-order valence-corrected chi connectivity index (χ3v) is 3.43. The zero-order valence-electron chi connectivity index (χ0n) is 12.4. The van der Waals surface area contributed by atoms with Gasteiger partial charge in [0.2, 0.25) is 0 Å². The van der Waals surface area contributed by atoms with E-state index in [4.69, 9.17) is 0 Å². The molecular weight excluding hydrogens is 236 g/mol. The molecule has 1 heterocycles. The largest absolute Gasteiger partial charge is 0.309 e. The highest BCUT2D eigenvalue weighted by molar-refractivity contribution is 5.43. The van der Waals surface area contributed by atoms with Crippen molar-refractivity contribution in [2.75, 3.05) is 6.54 Å². The Hall–Kier alpha value is -1.68. The summed E-state index contributed by atoms with van der Waals surface area (Å²) in [6, 6.07) is 6.61. The summed E-state index contributed by atoms with van der Waals surface area (Å²) in [6.45, 7) is 11.4. The van der Waals surface area contributed by atoms with Crippen LogP contribution in [0.1, 0.15) is 42.4 Å². The van der Waals surface area contributed by atoms with E-state index in [2.05, 4.69) is 68.4 Å². The summed E-state index contributed by atoms with van der Waals surface area (Å²) in [6.07, 6.45) is 0. The summed E-state index contributed by atoms with van der Waals surface area (Å²) >= 11 is 0. The molecule has 2 aromatic rings. The van der Waals surface area contributed by atoms with Crippen LogP contribution in [0.15, 0.2) is 18.2 Å². The van der Waals surface area contributed by atoms with E-state index >= 15 is 0 Å². The molecule has 1 aromatic heterocycles. The average molecular weight is 258 g/mol. The van der Waals surface area contributed by atoms with Crippen LogP contribution in [0.4, 0.5) is 0 Å². The Morgan fingerprint density at radius 1 is 1.26 bits per heavy atom. The van der Waals surface area contributed by atoms with Gasteiger partial charge in [-0.05, 0) is 45.9 Å².